The summed E-state index contributed by atoms with van der Waals surface area (Å²) < 4.78 is 23.2. The number of hydrogen-bond acceptors (Lipinski definition) is 4. The van der Waals surface area contributed by atoms with E-state index in [0.29, 0.717) is 17.4 Å². The first-order chi connectivity index (χ1) is 12.3. The minimum absolute atomic E-state index is 0.0167. The zero-order chi connectivity index (χ0) is 18.5. The van der Waals surface area contributed by atoms with Crippen LogP contribution in [0.4, 0.5) is 0 Å². The van der Waals surface area contributed by atoms with Gasteiger partial charge in [-0.15, -0.1) is 0 Å². The average molecular weight is 378 g/mol. The number of fused-ring (bicyclic) bond motifs is 2. The fraction of sp³-hybridized carbons (Fsp3) is 0.632. The summed E-state index contributed by atoms with van der Waals surface area (Å²) in [5.74, 6) is 0.803. The molecule has 2 atom stereocenters. The number of amides is 1. The van der Waals surface area contributed by atoms with Gasteiger partial charge in [-0.25, -0.2) is 13.6 Å². The van der Waals surface area contributed by atoms with Gasteiger partial charge >= 0.3 is 0 Å². The number of primary sulfonamides is 1. The molecule has 1 aromatic rings. The molecule has 1 heterocycles. The zero-order valence-corrected chi connectivity index (χ0v) is 16.0. The maximum atomic E-state index is 12.9. The van der Waals surface area contributed by atoms with Crippen LogP contribution in [-0.2, 0) is 10.0 Å². The van der Waals surface area contributed by atoms with E-state index >= 15 is 0 Å². The highest BCUT2D eigenvalue weighted by atomic mass is 32.2. The highest BCUT2D eigenvalue weighted by Crippen LogP contribution is 2.39. The van der Waals surface area contributed by atoms with Crippen LogP contribution in [0.1, 0.15) is 48.0 Å². The van der Waals surface area contributed by atoms with Crippen molar-refractivity contribution in [2.24, 2.45) is 17.0 Å². The summed E-state index contributed by atoms with van der Waals surface area (Å²) in [6.45, 7) is 3.96. The first-order valence-corrected chi connectivity index (χ1v) is 11.1. The van der Waals surface area contributed by atoms with Crippen LogP contribution in [0.5, 0.6) is 0 Å². The van der Waals surface area contributed by atoms with Gasteiger partial charge in [0.2, 0.25) is 10.0 Å². The molecule has 1 amide bonds. The van der Waals surface area contributed by atoms with Gasteiger partial charge in [-0.05, 0) is 62.1 Å². The Kier molecular flexibility index (Phi) is 4.57. The van der Waals surface area contributed by atoms with E-state index < -0.39 is 10.0 Å². The van der Waals surface area contributed by atoms with E-state index in [4.69, 9.17) is 5.14 Å². The number of sulfonamides is 1. The van der Waals surface area contributed by atoms with Crippen molar-refractivity contribution in [3.63, 3.8) is 0 Å². The second kappa shape index (κ2) is 6.62. The van der Waals surface area contributed by atoms with Crippen molar-refractivity contribution in [2.45, 2.75) is 56.0 Å². The van der Waals surface area contributed by atoms with Crippen molar-refractivity contribution in [3.05, 3.63) is 29.3 Å². The smallest absolute Gasteiger partial charge is 0.251 e. The molecular weight excluding hydrogens is 350 g/mol. The minimum Gasteiger partial charge on any atom is -0.349 e. The molecule has 142 valence electrons. The molecule has 26 heavy (non-hydrogen) atoms. The van der Waals surface area contributed by atoms with Gasteiger partial charge in [0.15, 0.2) is 0 Å². The topological polar surface area (TPSA) is 92.5 Å². The molecule has 2 unspecified atom stereocenters. The van der Waals surface area contributed by atoms with Crippen LogP contribution in [0.2, 0.25) is 0 Å². The third-order valence-electron chi connectivity index (χ3n) is 6.25. The lowest BCUT2D eigenvalue weighted by Gasteiger charge is -2.47. The summed E-state index contributed by atoms with van der Waals surface area (Å²) in [6.07, 6.45) is 6.17. The van der Waals surface area contributed by atoms with Crippen molar-refractivity contribution in [1.29, 1.82) is 0 Å². The number of nitrogens with one attached hydrogen (secondary N) is 1. The third kappa shape index (κ3) is 3.52. The van der Waals surface area contributed by atoms with Gasteiger partial charge in [-0.1, -0.05) is 12.5 Å². The first-order valence-electron chi connectivity index (χ1n) is 9.51. The number of carbonyl (C=O) groups excluding carboxylic acids is 1. The number of nitrogens with zero attached hydrogens (tertiary/aromatic N) is 1. The number of carbonyl (C=O) groups is 1. The SMILES string of the molecule is Cc1ccc(S(N)(=O)=O)cc1C(=O)NC1C2CCCC1CN(C1CC1)C2. The van der Waals surface area contributed by atoms with E-state index in [-0.39, 0.29) is 16.8 Å². The Morgan fingerprint density at radius 2 is 1.81 bits per heavy atom. The largest absolute Gasteiger partial charge is 0.349 e. The van der Waals surface area contributed by atoms with E-state index in [1.165, 1.54) is 31.4 Å². The molecule has 0 radical (unpaired) electrons. The molecule has 6 nitrogen and oxygen atoms in total. The monoisotopic (exact) mass is 377 g/mol. The molecule has 2 saturated carbocycles. The maximum absolute atomic E-state index is 12.9. The van der Waals surface area contributed by atoms with Crippen LogP contribution in [0, 0.1) is 18.8 Å². The van der Waals surface area contributed by atoms with Crippen LogP contribution in [-0.4, -0.2) is 44.4 Å². The second-order valence-corrected chi connectivity index (χ2v) is 9.72. The quantitative estimate of drug-likeness (QED) is 0.834. The number of likely N-dealkylation sites (tertiary alicyclic amines) is 1. The van der Waals surface area contributed by atoms with Gasteiger partial charge in [-0.3, -0.25) is 9.69 Å². The molecule has 4 rings (SSSR count). The summed E-state index contributed by atoms with van der Waals surface area (Å²) in [5, 5.41) is 8.45. The number of piperidine rings is 1. The lowest BCUT2D eigenvalue weighted by Crippen LogP contribution is -2.58. The van der Waals surface area contributed by atoms with E-state index in [0.717, 1.165) is 37.5 Å². The van der Waals surface area contributed by atoms with E-state index in [1.54, 1.807) is 6.07 Å². The summed E-state index contributed by atoms with van der Waals surface area (Å²) in [5.41, 5.74) is 1.16. The predicted molar refractivity (Wildman–Crippen MR) is 99.2 cm³/mol. The number of aryl methyl sites for hydroxylation is 1. The standard InChI is InChI=1S/C19H27N3O3S/c1-12-5-8-16(26(20,24)25)9-17(12)19(23)21-18-13-3-2-4-14(18)11-22(10-13)15-6-7-15/h5,8-9,13-15,18H,2-4,6-7,10-11H2,1H3,(H,21,23)(H2,20,24,25). The summed E-state index contributed by atoms with van der Waals surface area (Å²) in [7, 11) is -3.82. The molecule has 1 aliphatic heterocycles. The summed E-state index contributed by atoms with van der Waals surface area (Å²) in [4.78, 5) is 15.5. The van der Waals surface area contributed by atoms with Gasteiger partial charge in [0.05, 0.1) is 4.90 Å². The fourth-order valence-electron chi connectivity index (χ4n) is 4.70. The Morgan fingerprint density at radius 1 is 1.15 bits per heavy atom. The molecule has 0 aromatic heterocycles. The molecule has 2 bridgehead atoms. The lowest BCUT2D eigenvalue weighted by atomic mass is 9.73. The van der Waals surface area contributed by atoms with E-state index in [2.05, 4.69) is 10.2 Å². The highest BCUT2D eigenvalue weighted by Gasteiger charge is 2.44. The number of rotatable bonds is 4. The number of benzene rings is 1. The Labute approximate surface area is 155 Å². The van der Waals surface area contributed by atoms with Crippen molar-refractivity contribution in [3.8, 4) is 0 Å². The minimum atomic E-state index is -3.82. The van der Waals surface area contributed by atoms with Crippen LogP contribution < -0.4 is 10.5 Å². The zero-order valence-electron chi connectivity index (χ0n) is 15.1. The van der Waals surface area contributed by atoms with Crippen molar-refractivity contribution in [2.75, 3.05) is 13.1 Å². The molecule has 3 N–H and O–H groups in total. The second-order valence-electron chi connectivity index (χ2n) is 8.16. The molecule has 1 saturated heterocycles. The first kappa shape index (κ1) is 17.9. The van der Waals surface area contributed by atoms with Crippen molar-refractivity contribution in [1.82, 2.24) is 10.2 Å². The van der Waals surface area contributed by atoms with E-state index in [1.807, 2.05) is 6.92 Å². The van der Waals surface area contributed by atoms with Crippen LogP contribution >= 0.6 is 0 Å². The normalized spacial score (nSPS) is 29.4. The van der Waals surface area contributed by atoms with Gasteiger partial charge in [0.1, 0.15) is 0 Å². The van der Waals surface area contributed by atoms with Crippen LogP contribution in [0.3, 0.4) is 0 Å². The molecule has 2 aliphatic carbocycles. The molecule has 3 aliphatic rings. The summed E-state index contributed by atoms with van der Waals surface area (Å²) >= 11 is 0. The van der Waals surface area contributed by atoms with Gasteiger partial charge in [0, 0.05) is 30.7 Å². The van der Waals surface area contributed by atoms with Gasteiger partial charge in [0.25, 0.3) is 5.91 Å². The van der Waals surface area contributed by atoms with E-state index in [9.17, 15) is 13.2 Å². The maximum Gasteiger partial charge on any atom is 0.251 e. The van der Waals surface area contributed by atoms with Gasteiger partial charge < -0.3 is 5.32 Å². The Hall–Kier alpha value is -1.44. The lowest BCUT2D eigenvalue weighted by molar-refractivity contribution is 0.0389. The van der Waals surface area contributed by atoms with Crippen molar-refractivity contribution >= 4 is 15.9 Å². The Balaban J connectivity index is 1.53. The molecule has 3 fully saturated rings. The summed E-state index contributed by atoms with van der Waals surface area (Å²) in [6, 6.07) is 5.44. The van der Waals surface area contributed by atoms with Crippen LogP contribution in [0.15, 0.2) is 23.1 Å². The molecular formula is C19H27N3O3S. The molecule has 7 heteroatoms. The fourth-order valence-corrected chi connectivity index (χ4v) is 5.24. The average Bonchev–Trinajstić information content (AvgIpc) is 3.38. The number of nitrogens with two attached hydrogens (primary N) is 1. The van der Waals surface area contributed by atoms with Gasteiger partial charge in [-0.2, -0.15) is 0 Å². The highest BCUT2D eigenvalue weighted by molar-refractivity contribution is 7.89. The molecule has 1 aromatic carbocycles. The van der Waals surface area contributed by atoms with Crippen molar-refractivity contribution < 1.29 is 13.2 Å². The third-order valence-corrected chi connectivity index (χ3v) is 7.16. The molecule has 0 spiro atoms. The Bertz CT molecular complexity index is 805. The number of hydrogen-bond donors (Lipinski definition) is 2. The Morgan fingerprint density at radius 3 is 2.38 bits per heavy atom. The predicted octanol–water partition coefficient (Wildman–Crippen LogP) is 1.64. The van der Waals surface area contributed by atoms with Crippen LogP contribution in [0.25, 0.3) is 0 Å².